The summed E-state index contributed by atoms with van der Waals surface area (Å²) in [6.07, 6.45) is 0. The van der Waals surface area contributed by atoms with E-state index >= 15 is 0 Å². The van der Waals surface area contributed by atoms with Gasteiger partial charge >= 0.3 is 0 Å². The largest absolute Gasteiger partial charge is 0.332 e. The zero-order valence-electron chi connectivity index (χ0n) is 15.0. The molecule has 6 heteroatoms. The highest BCUT2D eigenvalue weighted by atomic mass is 35.5. The minimum Gasteiger partial charge on any atom is -0.332 e. The zero-order valence-corrected chi connectivity index (χ0v) is 16.6. The Labute approximate surface area is 164 Å². The molecule has 3 rings (SSSR count). The van der Waals surface area contributed by atoms with Gasteiger partial charge in [-0.05, 0) is 56.8 Å². The highest BCUT2D eigenvalue weighted by Crippen LogP contribution is 2.23. The van der Waals surface area contributed by atoms with Gasteiger partial charge < -0.3 is 10.6 Å². The van der Waals surface area contributed by atoms with Gasteiger partial charge in [0.25, 0.3) is 0 Å². The molecule has 2 N–H and O–H groups in total. The lowest BCUT2D eigenvalue weighted by Gasteiger charge is -2.12. The third-order valence-corrected chi connectivity index (χ3v) is 4.78. The first-order chi connectivity index (χ1) is 12.4. The molecule has 26 heavy (non-hydrogen) atoms. The average Bonchev–Trinajstić information content (AvgIpc) is 2.86. The van der Waals surface area contributed by atoms with Gasteiger partial charge in [-0.25, -0.2) is 0 Å². The fourth-order valence-electron chi connectivity index (χ4n) is 2.73. The van der Waals surface area contributed by atoms with Crippen LogP contribution >= 0.6 is 23.8 Å². The normalized spacial score (nSPS) is 10.6. The summed E-state index contributed by atoms with van der Waals surface area (Å²) < 4.78 is 1.94. The zero-order chi connectivity index (χ0) is 18.7. The molecule has 0 unspecified atom stereocenters. The van der Waals surface area contributed by atoms with Crippen molar-refractivity contribution < 1.29 is 0 Å². The minimum absolute atomic E-state index is 0.539. The van der Waals surface area contributed by atoms with Crippen LogP contribution in [0.3, 0.4) is 0 Å². The molecule has 3 aromatic rings. The number of aryl methyl sites for hydroxylation is 2. The number of halogens is 1. The summed E-state index contributed by atoms with van der Waals surface area (Å²) >= 11 is 11.7. The molecular formula is C20H21ClN4S. The first kappa shape index (κ1) is 18.4. The molecule has 0 amide bonds. The molecule has 134 valence electrons. The Morgan fingerprint density at radius 1 is 1.04 bits per heavy atom. The third kappa shape index (κ3) is 4.23. The molecule has 0 saturated heterocycles. The van der Waals surface area contributed by atoms with Gasteiger partial charge in [0.15, 0.2) is 5.11 Å². The highest BCUT2D eigenvalue weighted by Gasteiger charge is 2.14. The van der Waals surface area contributed by atoms with Gasteiger partial charge in [-0.15, -0.1) is 0 Å². The SMILES string of the molecule is Cc1ccc(NC(=S)Nc2c(C)nn(Cc3ccccc3Cl)c2C)cc1. The fourth-order valence-corrected chi connectivity index (χ4v) is 3.15. The van der Waals surface area contributed by atoms with Crippen LogP contribution < -0.4 is 10.6 Å². The number of benzene rings is 2. The van der Waals surface area contributed by atoms with Crippen LogP contribution in [0, 0.1) is 20.8 Å². The number of thiocarbonyl (C=S) groups is 1. The smallest absolute Gasteiger partial charge is 0.175 e. The van der Waals surface area contributed by atoms with Crippen LogP contribution in [-0.2, 0) is 6.54 Å². The predicted molar refractivity (Wildman–Crippen MR) is 113 cm³/mol. The van der Waals surface area contributed by atoms with Crippen molar-refractivity contribution in [2.45, 2.75) is 27.3 Å². The molecule has 0 aliphatic heterocycles. The quantitative estimate of drug-likeness (QED) is 0.597. The van der Waals surface area contributed by atoms with Crippen molar-refractivity contribution in [2.24, 2.45) is 0 Å². The molecule has 4 nitrogen and oxygen atoms in total. The Hall–Kier alpha value is -2.37. The van der Waals surface area contributed by atoms with E-state index in [1.807, 2.05) is 67.1 Å². The van der Waals surface area contributed by atoms with Gasteiger partial charge in [0.05, 0.1) is 23.6 Å². The topological polar surface area (TPSA) is 41.9 Å². The first-order valence-corrected chi connectivity index (χ1v) is 9.15. The minimum atomic E-state index is 0.539. The van der Waals surface area contributed by atoms with Gasteiger partial charge in [0.2, 0.25) is 0 Å². The fraction of sp³-hybridized carbons (Fsp3) is 0.200. The molecule has 0 aliphatic carbocycles. The molecule has 0 radical (unpaired) electrons. The maximum Gasteiger partial charge on any atom is 0.175 e. The van der Waals surface area contributed by atoms with Gasteiger partial charge in [-0.3, -0.25) is 4.68 Å². The second kappa shape index (κ2) is 7.89. The molecule has 0 bridgehead atoms. The molecule has 0 spiro atoms. The summed E-state index contributed by atoms with van der Waals surface area (Å²) in [6, 6.07) is 15.9. The van der Waals surface area contributed by atoms with Gasteiger partial charge in [0, 0.05) is 10.7 Å². The van der Waals surface area contributed by atoms with Crippen LogP contribution in [0.2, 0.25) is 5.02 Å². The van der Waals surface area contributed by atoms with Crippen molar-refractivity contribution in [1.82, 2.24) is 9.78 Å². The maximum absolute atomic E-state index is 6.27. The molecule has 2 aromatic carbocycles. The summed E-state index contributed by atoms with van der Waals surface area (Å²) in [4.78, 5) is 0. The van der Waals surface area contributed by atoms with Gasteiger partial charge in [0.1, 0.15) is 0 Å². The van der Waals surface area contributed by atoms with Gasteiger partial charge in [-0.1, -0.05) is 47.5 Å². The van der Waals surface area contributed by atoms with Crippen LogP contribution in [0.15, 0.2) is 48.5 Å². The summed E-state index contributed by atoms with van der Waals surface area (Å²) in [5.74, 6) is 0. The van der Waals surface area contributed by atoms with E-state index in [-0.39, 0.29) is 0 Å². The van der Waals surface area contributed by atoms with Gasteiger partial charge in [-0.2, -0.15) is 5.10 Å². The number of nitrogens with zero attached hydrogens (tertiary/aromatic N) is 2. The van der Waals surface area contributed by atoms with Crippen molar-refractivity contribution >= 4 is 40.3 Å². The van der Waals surface area contributed by atoms with E-state index in [1.165, 1.54) is 5.56 Å². The van der Waals surface area contributed by atoms with E-state index in [9.17, 15) is 0 Å². The van der Waals surface area contributed by atoms with Crippen LogP contribution in [0.5, 0.6) is 0 Å². The van der Waals surface area contributed by atoms with E-state index in [0.29, 0.717) is 11.7 Å². The Bertz CT molecular complexity index is 931. The number of hydrogen-bond donors (Lipinski definition) is 2. The molecule has 1 heterocycles. The van der Waals surface area contributed by atoms with Crippen molar-refractivity contribution in [3.63, 3.8) is 0 Å². The molecular weight excluding hydrogens is 364 g/mol. The molecule has 1 aromatic heterocycles. The monoisotopic (exact) mass is 384 g/mol. The van der Waals surface area contributed by atoms with E-state index in [4.69, 9.17) is 23.8 Å². The summed E-state index contributed by atoms with van der Waals surface area (Å²) in [5, 5.41) is 12.4. The van der Waals surface area contributed by atoms with Crippen molar-refractivity contribution in [1.29, 1.82) is 0 Å². The number of nitrogens with one attached hydrogen (secondary N) is 2. The van der Waals surface area contributed by atoms with Crippen LogP contribution in [-0.4, -0.2) is 14.9 Å². The highest BCUT2D eigenvalue weighted by molar-refractivity contribution is 7.80. The average molecular weight is 385 g/mol. The number of aromatic nitrogens is 2. The van der Waals surface area contributed by atoms with E-state index in [2.05, 4.69) is 22.7 Å². The van der Waals surface area contributed by atoms with Crippen molar-refractivity contribution in [3.8, 4) is 0 Å². The Morgan fingerprint density at radius 2 is 1.73 bits per heavy atom. The third-order valence-electron chi connectivity index (χ3n) is 4.21. The van der Waals surface area contributed by atoms with E-state index in [1.54, 1.807) is 0 Å². The van der Waals surface area contributed by atoms with Crippen molar-refractivity contribution in [2.75, 3.05) is 10.6 Å². The first-order valence-electron chi connectivity index (χ1n) is 8.36. The molecule has 0 saturated carbocycles. The van der Waals surface area contributed by atoms with E-state index in [0.717, 1.165) is 33.3 Å². The molecule has 0 aliphatic rings. The maximum atomic E-state index is 6.27. The Balaban J connectivity index is 1.74. The van der Waals surface area contributed by atoms with Crippen molar-refractivity contribution in [3.05, 3.63) is 76.1 Å². The number of anilines is 2. The lowest BCUT2D eigenvalue weighted by atomic mass is 10.2. The second-order valence-corrected chi connectivity index (χ2v) is 7.06. The standard InChI is InChI=1S/C20H21ClN4S/c1-13-8-10-17(11-9-13)22-20(26)23-19-14(2)24-25(15(19)3)12-16-6-4-5-7-18(16)21/h4-11H,12H2,1-3H3,(H2,22,23,26). The number of hydrogen-bond acceptors (Lipinski definition) is 2. The summed E-state index contributed by atoms with van der Waals surface area (Å²) in [6.45, 7) is 6.66. The second-order valence-electron chi connectivity index (χ2n) is 6.24. The Kier molecular flexibility index (Phi) is 5.59. The molecule has 0 atom stereocenters. The van der Waals surface area contributed by atoms with Crippen LogP contribution in [0.4, 0.5) is 11.4 Å². The predicted octanol–water partition coefficient (Wildman–Crippen LogP) is 5.32. The van der Waals surface area contributed by atoms with Crippen LogP contribution in [0.25, 0.3) is 0 Å². The lowest BCUT2D eigenvalue weighted by Crippen LogP contribution is -2.20. The molecule has 0 fully saturated rings. The van der Waals surface area contributed by atoms with E-state index < -0.39 is 0 Å². The lowest BCUT2D eigenvalue weighted by molar-refractivity contribution is 0.659. The van der Waals surface area contributed by atoms with Crippen LogP contribution in [0.1, 0.15) is 22.5 Å². The summed E-state index contributed by atoms with van der Waals surface area (Å²) in [7, 11) is 0. The Morgan fingerprint density at radius 3 is 2.42 bits per heavy atom. The number of rotatable bonds is 4. The summed E-state index contributed by atoms with van der Waals surface area (Å²) in [5.41, 5.74) is 6.01.